The zero-order valence-electron chi connectivity index (χ0n) is 36.2. The van der Waals surface area contributed by atoms with Crippen molar-refractivity contribution in [2.75, 3.05) is 27.4 Å². The maximum absolute atomic E-state index is 12.6. The van der Waals surface area contributed by atoms with E-state index in [-0.39, 0.29) is 51.0 Å². The molecule has 0 amide bonds. The van der Waals surface area contributed by atoms with Gasteiger partial charge in [-0.15, -0.1) is 0 Å². The zero-order valence-corrected chi connectivity index (χ0v) is 36.2. The molecule has 370 valence electrons. The average molecular weight is 964 g/mol. The molecule has 3 saturated heterocycles. The monoisotopic (exact) mass is 963 g/mol. The molecule has 3 fully saturated rings. The molecule has 3 aromatic carbocycles. The Hall–Kier alpha value is -5.84. The van der Waals surface area contributed by atoms with Gasteiger partial charge in [0.05, 0.1) is 45.2 Å². The Morgan fingerprint density at radius 1 is 0.662 bits per heavy atom. The molecule has 7 unspecified atom stereocenters. The van der Waals surface area contributed by atoms with Crippen LogP contribution in [0.4, 0.5) is 0 Å². The van der Waals surface area contributed by atoms with Crippen LogP contribution in [-0.2, 0) is 28.5 Å². The number of aliphatic hydroxyl groups excluding tert-OH is 9. The molecule has 0 radical (unpaired) electrons. The van der Waals surface area contributed by atoms with E-state index >= 15 is 0 Å². The summed E-state index contributed by atoms with van der Waals surface area (Å²) in [4.78, 5) is 12.6. The fourth-order valence-electron chi connectivity index (χ4n) is 7.63. The third kappa shape index (κ3) is 10.3. The number of phenols is 4. The molecule has 1 aromatic heterocycles. The summed E-state index contributed by atoms with van der Waals surface area (Å²) in [5.41, 5.74) is 0.293. The normalized spacial score (nSPS) is 31.9. The summed E-state index contributed by atoms with van der Waals surface area (Å²) in [6.45, 7) is -0.0491. The molecule has 3 aliphatic rings. The number of benzene rings is 3. The fourth-order valence-corrected chi connectivity index (χ4v) is 7.63. The third-order valence-corrected chi connectivity index (χ3v) is 11.4. The van der Waals surface area contributed by atoms with Gasteiger partial charge >= 0.3 is 17.3 Å². The van der Waals surface area contributed by atoms with E-state index in [1.54, 1.807) is 0 Å². The van der Waals surface area contributed by atoms with Gasteiger partial charge in [0, 0.05) is 30.3 Å². The van der Waals surface area contributed by atoms with E-state index in [9.17, 15) is 71.2 Å². The van der Waals surface area contributed by atoms with Gasteiger partial charge in [-0.1, -0.05) is 6.07 Å². The van der Waals surface area contributed by atoms with Crippen molar-refractivity contribution in [2.24, 2.45) is 0 Å². The lowest BCUT2D eigenvalue weighted by atomic mass is 9.98. The molecule has 4 heterocycles. The summed E-state index contributed by atoms with van der Waals surface area (Å²) in [6, 6.07) is 9.92. The third-order valence-electron chi connectivity index (χ3n) is 11.4. The number of rotatable bonds is 14. The van der Waals surface area contributed by atoms with Crippen molar-refractivity contribution in [3.8, 4) is 57.3 Å². The zero-order chi connectivity index (χ0) is 49.3. The fraction of sp³-hybridized carbons (Fsp3) is 0.455. The van der Waals surface area contributed by atoms with E-state index in [0.29, 0.717) is 5.56 Å². The number of ether oxygens (including phenoxy) is 9. The molecular formula is C44H51O24+. The largest absolute Gasteiger partial charge is 0.507 e. The first-order chi connectivity index (χ1) is 32.3. The molecule has 4 aromatic rings. The molecule has 3 aliphatic heterocycles. The number of phenolic OH excluding ortho intramolecular Hbond substituents is 4. The summed E-state index contributed by atoms with van der Waals surface area (Å²) >= 11 is 0. The second-order valence-corrected chi connectivity index (χ2v) is 16.0. The molecule has 24 nitrogen and oxygen atoms in total. The smallest absolute Gasteiger partial charge is 0.402 e. The van der Waals surface area contributed by atoms with Gasteiger partial charge in [0.1, 0.15) is 77.9 Å². The molecule has 15 atom stereocenters. The van der Waals surface area contributed by atoms with Gasteiger partial charge < -0.3 is 109 Å². The van der Waals surface area contributed by atoms with Crippen LogP contribution >= 0.6 is 0 Å². The predicted molar refractivity (Wildman–Crippen MR) is 225 cm³/mol. The summed E-state index contributed by atoms with van der Waals surface area (Å²) in [5.74, 6) is -3.60. The van der Waals surface area contributed by atoms with E-state index in [1.807, 2.05) is 0 Å². The molecule has 68 heavy (non-hydrogen) atoms. The SMILES string of the molecule is COc1cc(-c2[o+]c3cc(O)cc(O[C@@H]4OC(CO)[C@@H](O)[C@H](O)C4O)c3cc2O[C@@H]2OC(CO[C@@H]3OC(C)[C@H](OC(=O)/C=C/c4ccc(O)c(O)c4)[C@H](O)C3O)[C@@H](O)C(O)C2O)cc(OC)c1O. The molecule has 24 heteroatoms. The number of aliphatic hydroxyl groups is 9. The van der Waals surface area contributed by atoms with Crippen molar-refractivity contribution in [3.63, 3.8) is 0 Å². The Kier molecular flexibility index (Phi) is 15.3. The van der Waals surface area contributed by atoms with Crippen LogP contribution in [0.3, 0.4) is 0 Å². The number of hydrogen-bond donors (Lipinski definition) is 13. The first-order valence-electron chi connectivity index (χ1n) is 20.8. The Labute approximate surface area is 384 Å². The number of fused-ring (bicyclic) bond motifs is 1. The van der Waals surface area contributed by atoms with Gasteiger partial charge in [-0.25, -0.2) is 9.21 Å². The molecule has 0 bridgehead atoms. The quantitative estimate of drug-likeness (QED) is 0.0302. The minimum absolute atomic E-state index is 0.0317. The van der Waals surface area contributed by atoms with Crippen molar-refractivity contribution < 1.29 is 118 Å². The van der Waals surface area contributed by atoms with Crippen molar-refractivity contribution in [1.29, 1.82) is 0 Å². The maximum Gasteiger partial charge on any atom is 0.402 e. The predicted octanol–water partition coefficient (Wildman–Crippen LogP) is -1.31. The van der Waals surface area contributed by atoms with Crippen LogP contribution in [0.5, 0.6) is 46.0 Å². The number of carbonyl (C=O) groups excluding carboxylic acids is 1. The highest BCUT2D eigenvalue weighted by Crippen LogP contribution is 2.46. The first-order valence-corrected chi connectivity index (χ1v) is 20.8. The topological polar surface area (TPSA) is 374 Å². The van der Waals surface area contributed by atoms with E-state index in [2.05, 4.69) is 0 Å². The Bertz CT molecular complexity index is 2420. The summed E-state index contributed by atoms with van der Waals surface area (Å²) in [5, 5.41) is 137. The lowest BCUT2D eigenvalue weighted by Gasteiger charge is -2.42. The summed E-state index contributed by atoms with van der Waals surface area (Å²) in [7, 11) is 2.52. The minimum atomic E-state index is -2.00. The van der Waals surface area contributed by atoms with Crippen LogP contribution < -0.4 is 18.9 Å². The average Bonchev–Trinajstić information content (AvgIpc) is 3.32. The van der Waals surface area contributed by atoms with Crippen LogP contribution in [0.2, 0.25) is 0 Å². The Morgan fingerprint density at radius 3 is 1.88 bits per heavy atom. The summed E-state index contributed by atoms with van der Waals surface area (Å²) in [6.07, 6.45) is -23.3. The van der Waals surface area contributed by atoms with Gasteiger partial charge in [0.15, 0.2) is 35.4 Å². The Morgan fingerprint density at radius 2 is 1.26 bits per heavy atom. The van der Waals surface area contributed by atoms with Crippen molar-refractivity contribution in [2.45, 2.75) is 99.0 Å². The number of hydrogen-bond acceptors (Lipinski definition) is 23. The second-order valence-electron chi connectivity index (χ2n) is 16.0. The van der Waals surface area contributed by atoms with Gasteiger partial charge in [-0.05, 0) is 30.7 Å². The van der Waals surface area contributed by atoms with Crippen LogP contribution in [-0.4, -0.2) is 192 Å². The Balaban J connectivity index is 1.14. The van der Waals surface area contributed by atoms with E-state index in [1.165, 1.54) is 63.6 Å². The molecule has 0 spiro atoms. The maximum atomic E-state index is 12.6. The van der Waals surface area contributed by atoms with Crippen LogP contribution in [0, 0.1) is 0 Å². The van der Waals surface area contributed by atoms with E-state index < -0.39 is 129 Å². The molecule has 0 aliphatic carbocycles. The van der Waals surface area contributed by atoms with Crippen LogP contribution in [0.25, 0.3) is 28.4 Å². The molecule has 0 saturated carbocycles. The van der Waals surface area contributed by atoms with Crippen molar-refractivity contribution >= 4 is 23.0 Å². The lowest BCUT2D eigenvalue weighted by molar-refractivity contribution is -0.319. The summed E-state index contributed by atoms with van der Waals surface area (Å²) < 4.78 is 57.0. The number of aromatic hydroxyl groups is 4. The first kappa shape index (κ1) is 50.0. The molecule has 13 N–H and O–H groups in total. The van der Waals surface area contributed by atoms with E-state index in [4.69, 9.17) is 47.0 Å². The van der Waals surface area contributed by atoms with Crippen molar-refractivity contribution in [1.82, 2.24) is 0 Å². The number of carbonyl (C=O) groups is 1. The van der Waals surface area contributed by atoms with Gasteiger partial charge in [0.2, 0.25) is 24.1 Å². The number of esters is 1. The molecule has 7 rings (SSSR count). The van der Waals surface area contributed by atoms with E-state index in [0.717, 1.165) is 18.2 Å². The highest BCUT2D eigenvalue weighted by Gasteiger charge is 2.50. The number of methoxy groups -OCH3 is 2. The highest BCUT2D eigenvalue weighted by molar-refractivity contribution is 5.89. The minimum Gasteiger partial charge on any atom is -0.507 e. The van der Waals surface area contributed by atoms with Crippen LogP contribution in [0.1, 0.15) is 12.5 Å². The second kappa shape index (κ2) is 20.8. The van der Waals surface area contributed by atoms with Crippen molar-refractivity contribution in [3.05, 3.63) is 60.2 Å². The highest BCUT2D eigenvalue weighted by atomic mass is 16.7. The van der Waals surface area contributed by atoms with Crippen LogP contribution in [0.15, 0.2) is 59.0 Å². The molecular weight excluding hydrogens is 912 g/mol. The lowest BCUT2D eigenvalue weighted by Crippen LogP contribution is -2.62. The van der Waals surface area contributed by atoms with Gasteiger partial charge in [0.25, 0.3) is 0 Å². The van der Waals surface area contributed by atoms with Gasteiger partial charge in [-0.2, -0.15) is 0 Å². The standard InChI is InChI=1S/C44H50O24/c1-16-40(68-30(49)7-5-17-4-6-21(47)22(48)8-17)36(55)39(58)42(62-16)61-15-29-33(52)35(54)38(57)44(67-29)65-27-13-20-23(63-41(27)18-9-25(59-2)31(50)26(10-18)60-3)11-19(46)12-24(20)64-43-37(56)34(53)32(51)28(14-45)66-43/h4-13,16,28-29,32-40,42-45,51-58H,14-15H2,1-3H3,(H3-,46,47,48,49,50)/p+1/t16?,28?,29?,32-,33-,34+,35?,36-,37?,38?,39?,40+,42-,43-,44-/m1/s1. The van der Waals surface area contributed by atoms with Gasteiger partial charge in [-0.3, -0.25) is 0 Å².